The third-order valence-electron chi connectivity index (χ3n) is 4.17. The largest absolute Gasteiger partial charge is 0.341 e. The summed E-state index contributed by atoms with van der Waals surface area (Å²) in [5.41, 5.74) is 7.00. The number of nitrogens with zero attached hydrogens (tertiary/aromatic N) is 4. The molecule has 1 aromatic carbocycles. The second-order valence-electron chi connectivity index (χ2n) is 5.81. The molecular formula is C16H21N5O. The van der Waals surface area contributed by atoms with Crippen LogP contribution in [0.4, 0.5) is 0 Å². The fraction of sp³-hybridized carbons (Fsp3) is 0.438. The number of carbonyl (C=O) groups excluding carboxylic acids is 1. The van der Waals surface area contributed by atoms with Gasteiger partial charge in [-0.15, -0.1) is 5.10 Å². The Hall–Kier alpha value is -2.21. The van der Waals surface area contributed by atoms with E-state index in [-0.39, 0.29) is 5.91 Å². The first-order valence-electron chi connectivity index (χ1n) is 7.67. The van der Waals surface area contributed by atoms with Gasteiger partial charge in [-0.25, -0.2) is 0 Å². The monoisotopic (exact) mass is 299 g/mol. The summed E-state index contributed by atoms with van der Waals surface area (Å²) in [6, 6.07) is 8.97. The number of piperidine rings is 1. The summed E-state index contributed by atoms with van der Waals surface area (Å²) in [6.45, 7) is 2.32. The van der Waals surface area contributed by atoms with Gasteiger partial charge >= 0.3 is 0 Å². The number of nitrogens with two attached hydrogens (primary N) is 1. The van der Waals surface area contributed by atoms with E-state index >= 15 is 0 Å². The van der Waals surface area contributed by atoms with Crippen molar-refractivity contribution >= 4 is 5.91 Å². The molecule has 1 aromatic heterocycles. The maximum Gasteiger partial charge on any atom is 0.244 e. The number of rotatable bonds is 4. The highest BCUT2D eigenvalue weighted by molar-refractivity contribution is 5.83. The summed E-state index contributed by atoms with van der Waals surface area (Å²) in [7, 11) is 0. The van der Waals surface area contributed by atoms with E-state index in [1.807, 2.05) is 46.1 Å². The van der Waals surface area contributed by atoms with Crippen LogP contribution in [0, 0.1) is 5.92 Å². The van der Waals surface area contributed by atoms with Crippen LogP contribution in [0.3, 0.4) is 0 Å². The average molecular weight is 299 g/mol. The third kappa shape index (κ3) is 3.33. The fourth-order valence-corrected chi connectivity index (χ4v) is 3.01. The van der Waals surface area contributed by atoms with Crippen LogP contribution < -0.4 is 5.73 Å². The van der Waals surface area contributed by atoms with Crippen LogP contribution in [0.1, 0.15) is 24.4 Å². The molecule has 2 atom stereocenters. The molecule has 3 rings (SSSR count). The number of aromatic nitrogens is 3. The van der Waals surface area contributed by atoms with Crippen molar-refractivity contribution in [2.75, 3.05) is 13.1 Å². The van der Waals surface area contributed by atoms with Gasteiger partial charge in [-0.1, -0.05) is 35.5 Å². The predicted molar refractivity (Wildman–Crippen MR) is 82.7 cm³/mol. The molecule has 0 aliphatic carbocycles. The van der Waals surface area contributed by atoms with E-state index in [0.717, 1.165) is 38.0 Å². The summed E-state index contributed by atoms with van der Waals surface area (Å²) in [5, 5.41) is 7.82. The van der Waals surface area contributed by atoms with Crippen LogP contribution in [0.25, 0.3) is 0 Å². The van der Waals surface area contributed by atoms with Gasteiger partial charge in [-0.2, -0.15) is 0 Å². The van der Waals surface area contributed by atoms with Gasteiger partial charge in [0.25, 0.3) is 0 Å². The Bertz CT molecular complexity index is 598. The minimum Gasteiger partial charge on any atom is -0.341 e. The lowest BCUT2D eigenvalue weighted by atomic mass is 9.96. The van der Waals surface area contributed by atoms with E-state index < -0.39 is 6.04 Å². The van der Waals surface area contributed by atoms with Crippen LogP contribution in [0.15, 0.2) is 42.7 Å². The Labute approximate surface area is 129 Å². The Morgan fingerprint density at radius 2 is 2.18 bits per heavy atom. The Kier molecular flexibility index (Phi) is 4.48. The molecule has 0 radical (unpaired) electrons. The number of hydrogen-bond acceptors (Lipinski definition) is 4. The number of hydrogen-bond donors (Lipinski definition) is 1. The van der Waals surface area contributed by atoms with Crippen molar-refractivity contribution in [3.63, 3.8) is 0 Å². The fourth-order valence-electron chi connectivity index (χ4n) is 3.01. The van der Waals surface area contributed by atoms with Gasteiger partial charge in [-0.3, -0.25) is 9.48 Å². The van der Waals surface area contributed by atoms with Gasteiger partial charge in [-0.05, 0) is 24.3 Å². The minimum absolute atomic E-state index is 0.00879. The molecule has 2 N–H and O–H groups in total. The molecule has 1 fully saturated rings. The van der Waals surface area contributed by atoms with Crippen LogP contribution >= 0.6 is 0 Å². The number of likely N-dealkylation sites (tertiary alicyclic amines) is 1. The normalized spacial score (nSPS) is 19.9. The highest BCUT2D eigenvalue weighted by Crippen LogP contribution is 2.21. The second-order valence-corrected chi connectivity index (χ2v) is 5.81. The lowest BCUT2D eigenvalue weighted by Crippen LogP contribution is -2.45. The third-order valence-corrected chi connectivity index (χ3v) is 4.17. The summed E-state index contributed by atoms with van der Waals surface area (Å²) in [5.74, 6) is 0.414. The zero-order valence-corrected chi connectivity index (χ0v) is 12.5. The molecule has 1 amide bonds. The maximum absolute atomic E-state index is 12.6. The molecule has 6 nitrogen and oxygen atoms in total. The van der Waals surface area contributed by atoms with Crippen molar-refractivity contribution in [1.29, 1.82) is 0 Å². The first kappa shape index (κ1) is 14.7. The highest BCUT2D eigenvalue weighted by Gasteiger charge is 2.28. The lowest BCUT2D eigenvalue weighted by Gasteiger charge is -2.34. The molecule has 1 aliphatic heterocycles. The van der Waals surface area contributed by atoms with Gasteiger partial charge in [0.2, 0.25) is 5.91 Å². The second kappa shape index (κ2) is 6.70. The van der Waals surface area contributed by atoms with Crippen molar-refractivity contribution in [2.24, 2.45) is 11.7 Å². The molecule has 0 bridgehead atoms. The van der Waals surface area contributed by atoms with E-state index in [0.29, 0.717) is 5.92 Å². The Morgan fingerprint density at radius 1 is 1.36 bits per heavy atom. The standard InChI is InChI=1S/C16H21N5O/c17-15(14-6-2-1-3-7-14)16(22)20-9-4-5-13(11-20)12-21-10-8-18-19-21/h1-3,6-8,10,13,15H,4-5,9,11-12,17H2. The van der Waals surface area contributed by atoms with Crippen molar-refractivity contribution in [1.82, 2.24) is 19.9 Å². The molecule has 0 saturated carbocycles. The van der Waals surface area contributed by atoms with Gasteiger partial charge in [0, 0.05) is 25.8 Å². The first-order valence-corrected chi connectivity index (χ1v) is 7.67. The molecule has 0 spiro atoms. The zero-order valence-electron chi connectivity index (χ0n) is 12.5. The zero-order chi connectivity index (χ0) is 15.4. The average Bonchev–Trinajstić information content (AvgIpc) is 3.07. The molecule has 2 aromatic rings. The topological polar surface area (TPSA) is 77.0 Å². The van der Waals surface area contributed by atoms with Crippen molar-refractivity contribution < 1.29 is 4.79 Å². The molecule has 2 heterocycles. The number of benzene rings is 1. The molecule has 1 saturated heterocycles. The predicted octanol–water partition coefficient (Wildman–Crippen LogP) is 1.22. The van der Waals surface area contributed by atoms with Crippen LogP contribution in [0.2, 0.25) is 0 Å². The molecule has 6 heteroatoms. The van der Waals surface area contributed by atoms with Gasteiger partial charge in [0.15, 0.2) is 0 Å². The van der Waals surface area contributed by atoms with Crippen LogP contribution in [0.5, 0.6) is 0 Å². The molecule has 1 aliphatic rings. The van der Waals surface area contributed by atoms with E-state index in [2.05, 4.69) is 10.3 Å². The van der Waals surface area contributed by atoms with E-state index in [4.69, 9.17) is 5.73 Å². The smallest absolute Gasteiger partial charge is 0.244 e. The molecule has 116 valence electrons. The van der Waals surface area contributed by atoms with Crippen LogP contribution in [-0.2, 0) is 11.3 Å². The summed E-state index contributed by atoms with van der Waals surface area (Å²) < 4.78 is 1.83. The molecular weight excluding hydrogens is 278 g/mol. The lowest BCUT2D eigenvalue weighted by molar-refractivity contribution is -0.134. The van der Waals surface area contributed by atoms with Crippen molar-refractivity contribution in [3.05, 3.63) is 48.3 Å². The highest BCUT2D eigenvalue weighted by atomic mass is 16.2. The van der Waals surface area contributed by atoms with Gasteiger partial charge in [0.05, 0.1) is 6.20 Å². The molecule has 2 unspecified atom stereocenters. The Morgan fingerprint density at radius 3 is 2.91 bits per heavy atom. The summed E-state index contributed by atoms with van der Waals surface area (Å²) in [4.78, 5) is 14.5. The quantitative estimate of drug-likeness (QED) is 0.921. The van der Waals surface area contributed by atoms with Crippen molar-refractivity contribution in [3.8, 4) is 0 Å². The van der Waals surface area contributed by atoms with E-state index in [1.54, 1.807) is 6.20 Å². The number of amides is 1. The summed E-state index contributed by atoms with van der Waals surface area (Å²) in [6.07, 6.45) is 5.64. The van der Waals surface area contributed by atoms with Gasteiger partial charge < -0.3 is 10.6 Å². The van der Waals surface area contributed by atoms with Gasteiger partial charge in [0.1, 0.15) is 6.04 Å². The molecule has 22 heavy (non-hydrogen) atoms. The van der Waals surface area contributed by atoms with Crippen LogP contribution in [-0.4, -0.2) is 38.9 Å². The SMILES string of the molecule is NC(C(=O)N1CCCC(Cn2ccnn2)C1)c1ccccc1. The minimum atomic E-state index is -0.577. The summed E-state index contributed by atoms with van der Waals surface area (Å²) >= 11 is 0. The van der Waals surface area contributed by atoms with E-state index in [9.17, 15) is 4.79 Å². The Balaban J connectivity index is 1.62. The van der Waals surface area contributed by atoms with Crippen molar-refractivity contribution in [2.45, 2.75) is 25.4 Å². The maximum atomic E-state index is 12.6. The van der Waals surface area contributed by atoms with E-state index in [1.165, 1.54) is 0 Å². The first-order chi connectivity index (χ1) is 10.7. The number of carbonyl (C=O) groups is 1.